The topological polar surface area (TPSA) is 51.6 Å². The molecule has 4 unspecified atom stereocenters. The van der Waals surface area contributed by atoms with Crippen LogP contribution < -0.4 is 0 Å². The summed E-state index contributed by atoms with van der Waals surface area (Å²) in [4.78, 5) is 15.2. The minimum absolute atomic E-state index is 0.259. The van der Waals surface area contributed by atoms with E-state index in [1.165, 1.54) is 258 Å². The number of aromatic nitrogens is 4. The lowest BCUT2D eigenvalue weighted by Crippen LogP contribution is -2.04. The lowest BCUT2D eigenvalue weighted by atomic mass is 9.92. The van der Waals surface area contributed by atoms with Gasteiger partial charge in [-0.25, -0.2) is 8.78 Å². The molecule has 10 aromatic heterocycles. The molecule has 110 heavy (non-hydrogen) atoms. The van der Waals surface area contributed by atoms with Crippen molar-refractivity contribution in [2.45, 2.75) is 276 Å². The lowest BCUT2D eigenvalue weighted by Gasteiger charge is -2.14. The van der Waals surface area contributed by atoms with E-state index in [0.717, 1.165) is 113 Å². The van der Waals surface area contributed by atoms with Gasteiger partial charge >= 0.3 is 0 Å². The number of benzene rings is 4. The smallest absolute Gasteiger partial charge is 0.134 e. The van der Waals surface area contributed by atoms with E-state index in [4.69, 9.17) is 17.5 Å². The van der Waals surface area contributed by atoms with Crippen molar-refractivity contribution in [1.82, 2.24) is 17.5 Å². The van der Waals surface area contributed by atoms with Crippen LogP contribution in [0.2, 0.25) is 0 Å². The first-order valence-electron chi connectivity index (χ1n) is 42.1. The van der Waals surface area contributed by atoms with Gasteiger partial charge in [0.25, 0.3) is 0 Å². The van der Waals surface area contributed by atoms with Gasteiger partial charge in [-0.15, -0.1) is 90.7 Å². The van der Waals surface area contributed by atoms with Gasteiger partial charge in [0.15, 0.2) is 0 Å². The molecular formula is C94H112F2N4S10. The summed E-state index contributed by atoms with van der Waals surface area (Å²) in [7, 11) is 0. The Hall–Kier alpha value is -4.98. The Balaban J connectivity index is 1.01. The van der Waals surface area contributed by atoms with Crippen LogP contribution in [0.5, 0.6) is 0 Å². The van der Waals surface area contributed by atoms with Gasteiger partial charge in [0, 0.05) is 138 Å². The number of hydrogen-bond acceptors (Lipinski definition) is 14. The highest BCUT2D eigenvalue weighted by atomic mass is 32.1. The molecule has 0 amide bonds. The summed E-state index contributed by atoms with van der Waals surface area (Å²) in [6.45, 7) is 27.5. The quantitative estimate of drug-likeness (QED) is 0.0358. The monoisotopic (exact) mass is 1650 g/mol. The molecule has 0 spiro atoms. The summed E-state index contributed by atoms with van der Waals surface area (Å²) in [6.07, 6.45) is 35.6. The van der Waals surface area contributed by atoms with Crippen molar-refractivity contribution in [2.24, 2.45) is 23.7 Å². The standard InChI is InChI=1S/C94H112F2N4S10/c1-13-23-29-31-37-61-48-79(104-75(61)46-59(21-9)35-27-17-5)84-68-52-77(65-50-71(95)56(12)87-88(65)98-109-97-87)106-93(68)85(80-49-62(38-32-30-24-14-2)76(105-80)47-60(22-10)36-28-18-6)69-53-78(107-94(69)84)66-51-72(96)86(90-89(66)99-110-100-90)81-54-70-83(74-42-40-64(103-74)45-58(20-8)34-26-16-4)91-67(43-55(11)101-91)82(92(70)108-81)73-41-39-63(102-73)44-57(19-7)33-25-15-3/h39-43,48-54,57-60H,13-38,44-47H2,1-12H3. The fraction of sp³-hybridized carbons (Fsp3) is 0.489. The van der Waals surface area contributed by atoms with Crippen molar-refractivity contribution in [3.8, 4) is 73.1 Å². The number of halogens is 2. The molecule has 0 saturated heterocycles. The van der Waals surface area contributed by atoms with Crippen LogP contribution in [-0.4, -0.2) is 17.5 Å². The Bertz CT molecular complexity index is 5200. The Morgan fingerprint density at radius 2 is 0.691 bits per heavy atom. The van der Waals surface area contributed by atoms with Crippen molar-refractivity contribution >= 4 is 177 Å². The average Bonchev–Trinajstić information content (AvgIpc) is 1.55. The largest absolute Gasteiger partial charge is 0.207 e. The molecule has 0 aliphatic heterocycles. The number of thiophene rings is 8. The molecule has 0 aliphatic rings. The number of hydrogen-bond donors (Lipinski definition) is 0. The van der Waals surface area contributed by atoms with Crippen LogP contribution in [0.4, 0.5) is 8.78 Å². The van der Waals surface area contributed by atoms with Gasteiger partial charge in [-0.3, -0.25) is 0 Å². The van der Waals surface area contributed by atoms with Gasteiger partial charge in [-0.1, -0.05) is 210 Å². The van der Waals surface area contributed by atoms with E-state index < -0.39 is 0 Å². The third-order valence-electron chi connectivity index (χ3n) is 23.8. The molecule has 14 rings (SSSR count). The van der Waals surface area contributed by atoms with Crippen LogP contribution in [0, 0.1) is 49.2 Å². The number of fused-ring (bicyclic) bond motifs is 6. The highest BCUT2D eigenvalue weighted by Crippen LogP contribution is 2.59. The molecule has 14 aromatic rings. The Morgan fingerprint density at radius 1 is 0.318 bits per heavy atom. The van der Waals surface area contributed by atoms with E-state index in [1.807, 2.05) is 69.7 Å². The minimum Gasteiger partial charge on any atom is -0.207 e. The highest BCUT2D eigenvalue weighted by molar-refractivity contribution is 7.27. The van der Waals surface area contributed by atoms with E-state index in [1.54, 1.807) is 40.1 Å². The van der Waals surface area contributed by atoms with Crippen LogP contribution in [0.25, 0.3) is 135 Å². The zero-order chi connectivity index (χ0) is 76.7. The molecule has 0 bridgehead atoms. The molecule has 4 nitrogen and oxygen atoms in total. The maximum absolute atomic E-state index is 19.0. The number of unbranched alkanes of at least 4 members (excludes halogenated alkanes) is 10. The second-order valence-corrected chi connectivity index (χ2v) is 41.7. The summed E-state index contributed by atoms with van der Waals surface area (Å²) in [5.41, 5.74) is 13.4. The van der Waals surface area contributed by atoms with E-state index >= 15 is 8.78 Å². The average molecular weight is 1660 g/mol. The fourth-order valence-corrected chi connectivity index (χ4v) is 28.6. The van der Waals surface area contributed by atoms with Gasteiger partial charge in [0.2, 0.25) is 0 Å². The Labute approximate surface area is 694 Å². The highest BCUT2D eigenvalue weighted by Gasteiger charge is 2.32. The van der Waals surface area contributed by atoms with Crippen molar-refractivity contribution < 1.29 is 8.78 Å². The van der Waals surface area contributed by atoms with E-state index in [2.05, 4.69) is 137 Å². The third-order valence-corrected chi connectivity index (χ3v) is 34.2. The summed E-state index contributed by atoms with van der Waals surface area (Å²) in [5.74, 6) is 2.00. The van der Waals surface area contributed by atoms with Crippen LogP contribution in [-0.2, 0) is 38.5 Å². The summed E-state index contributed by atoms with van der Waals surface area (Å²) in [6, 6.07) is 27.9. The first kappa shape index (κ1) is 81.6. The number of nitrogens with zero attached hydrogens (tertiary/aromatic N) is 4. The molecule has 4 atom stereocenters. The minimum atomic E-state index is -0.273. The zero-order valence-corrected chi connectivity index (χ0v) is 75.2. The summed E-state index contributed by atoms with van der Waals surface area (Å²) in [5, 5.41) is 4.85. The molecule has 582 valence electrons. The number of aryl methyl sites for hydroxylation is 4. The van der Waals surface area contributed by atoms with Gasteiger partial charge in [-0.05, 0) is 173 Å². The zero-order valence-electron chi connectivity index (χ0n) is 67.1. The molecule has 0 N–H and O–H groups in total. The third kappa shape index (κ3) is 17.3. The van der Waals surface area contributed by atoms with Crippen LogP contribution >= 0.6 is 114 Å². The van der Waals surface area contributed by atoms with Crippen molar-refractivity contribution in [2.75, 3.05) is 0 Å². The molecule has 0 radical (unpaired) electrons. The molecule has 0 saturated carbocycles. The second-order valence-electron chi connectivity index (χ2n) is 31.6. The van der Waals surface area contributed by atoms with Gasteiger partial charge in [0.05, 0.1) is 29.0 Å². The first-order valence-corrected chi connectivity index (χ1v) is 50.0. The lowest BCUT2D eigenvalue weighted by molar-refractivity contribution is 0.450. The molecule has 16 heteroatoms. The van der Waals surface area contributed by atoms with Gasteiger partial charge < -0.3 is 0 Å². The SMILES string of the molecule is CCCCCCc1cc(-c2c3cc(-c4cc(F)c(-c5cc6c(-c7ccc(CC(CC)CCCC)s7)c7sc(C)cc7c(-c7ccc(CC(CC)CCCC)s7)c6s5)c5nsnc45)sc3c(-c3cc(CCCCCC)c(CC(CC)CCCC)s3)c3cc(-c4cc(F)c(C)c5nsnc45)sc23)sc1CC(CC)CCCC. The number of rotatable bonds is 41. The van der Waals surface area contributed by atoms with E-state index in [-0.39, 0.29) is 11.6 Å². The first-order chi connectivity index (χ1) is 53.7. The normalized spacial score (nSPS) is 13.4. The Kier molecular flexibility index (Phi) is 28.0. The summed E-state index contributed by atoms with van der Waals surface area (Å²) < 4.78 is 60.6. The van der Waals surface area contributed by atoms with Gasteiger partial charge in [0.1, 0.15) is 33.7 Å². The predicted molar refractivity (Wildman–Crippen MR) is 493 cm³/mol. The Morgan fingerprint density at radius 3 is 1.15 bits per heavy atom. The van der Waals surface area contributed by atoms with Crippen LogP contribution in [0.3, 0.4) is 0 Å². The van der Waals surface area contributed by atoms with Crippen LogP contribution in [0.15, 0.2) is 72.8 Å². The van der Waals surface area contributed by atoms with Crippen molar-refractivity contribution in [3.63, 3.8) is 0 Å². The maximum atomic E-state index is 19.0. The van der Waals surface area contributed by atoms with Crippen LogP contribution in [0.1, 0.15) is 264 Å². The van der Waals surface area contributed by atoms with Gasteiger partial charge in [-0.2, -0.15) is 17.5 Å². The van der Waals surface area contributed by atoms with Crippen molar-refractivity contribution in [1.29, 1.82) is 0 Å². The van der Waals surface area contributed by atoms with E-state index in [9.17, 15) is 0 Å². The van der Waals surface area contributed by atoms with E-state index in [0.29, 0.717) is 45.8 Å². The van der Waals surface area contributed by atoms with Crippen molar-refractivity contribution in [3.05, 3.63) is 126 Å². The molecular weight excluding hydrogens is 1540 g/mol. The molecule has 0 fully saturated rings. The maximum Gasteiger partial charge on any atom is 0.134 e. The molecule has 4 aromatic carbocycles. The predicted octanol–water partition coefficient (Wildman–Crippen LogP) is 34.6. The molecule has 0 aliphatic carbocycles. The fourth-order valence-electron chi connectivity index (χ4n) is 17.1. The summed E-state index contributed by atoms with van der Waals surface area (Å²) >= 11 is 17.6. The second kappa shape index (κ2) is 37.7. The molecule has 10 heterocycles.